The summed E-state index contributed by atoms with van der Waals surface area (Å²) >= 11 is 0. The molecule has 3 aromatic heterocycles. The zero-order valence-corrected chi connectivity index (χ0v) is 44.2. The maximum absolute atomic E-state index is 17.1. The first-order chi connectivity index (χ1) is 37.4. The number of aromatic nitrogens is 5. The van der Waals surface area contributed by atoms with Crippen LogP contribution in [0.15, 0.2) is 53.5 Å². The summed E-state index contributed by atoms with van der Waals surface area (Å²) < 4.78 is 41.8. The summed E-state index contributed by atoms with van der Waals surface area (Å²) in [5.41, 5.74) is 2.52. The Bertz CT molecular complexity index is 3340. The van der Waals surface area contributed by atoms with E-state index >= 15 is 8.78 Å². The molecular weight excluding hydrogens is 981 g/mol. The highest BCUT2D eigenvalue weighted by Crippen LogP contribution is 2.40. The van der Waals surface area contributed by atoms with Gasteiger partial charge in [-0.1, -0.05) is 18.1 Å². The average molecular weight is 1050 g/mol. The number of likely N-dealkylation sites (tertiary alicyclic amines) is 2. The number of imidazole rings is 1. The van der Waals surface area contributed by atoms with E-state index < -0.39 is 23.6 Å². The van der Waals surface area contributed by atoms with Gasteiger partial charge in [0.05, 0.1) is 27.7 Å². The first-order valence-electron chi connectivity index (χ1n) is 28.1. The van der Waals surface area contributed by atoms with Gasteiger partial charge >= 0.3 is 11.7 Å². The van der Waals surface area contributed by atoms with E-state index in [0.29, 0.717) is 73.2 Å². The molecule has 18 heteroatoms. The van der Waals surface area contributed by atoms with Gasteiger partial charge < -0.3 is 29.9 Å². The molecule has 6 aliphatic heterocycles. The smallest absolute Gasteiger partial charge is 0.330 e. The van der Waals surface area contributed by atoms with Crippen molar-refractivity contribution in [3.8, 4) is 35.4 Å². The van der Waals surface area contributed by atoms with Gasteiger partial charge in [-0.2, -0.15) is 9.97 Å². The van der Waals surface area contributed by atoms with E-state index in [-0.39, 0.29) is 63.5 Å². The van der Waals surface area contributed by atoms with Gasteiger partial charge in [-0.05, 0) is 158 Å². The Kier molecular flexibility index (Phi) is 14.1. The molecule has 6 aromatic rings. The van der Waals surface area contributed by atoms with Gasteiger partial charge in [-0.3, -0.25) is 33.9 Å². The number of nitrogens with zero attached hydrogens (tertiary/aromatic N) is 9. The monoisotopic (exact) mass is 1050 g/mol. The van der Waals surface area contributed by atoms with Crippen molar-refractivity contribution in [2.75, 3.05) is 81.9 Å². The minimum absolute atomic E-state index is 0.0359. The summed E-state index contributed by atoms with van der Waals surface area (Å²) in [6, 6.07) is 11.5. The third-order valence-corrected chi connectivity index (χ3v) is 17.7. The maximum Gasteiger partial charge on any atom is 0.330 e. The van der Waals surface area contributed by atoms with Crippen LogP contribution in [0.3, 0.4) is 0 Å². The van der Waals surface area contributed by atoms with Crippen molar-refractivity contribution in [3.63, 3.8) is 0 Å². The Labute approximate surface area is 447 Å². The summed E-state index contributed by atoms with van der Waals surface area (Å²) in [5.74, 6) is 2.86. The van der Waals surface area contributed by atoms with Crippen molar-refractivity contribution in [1.29, 1.82) is 0 Å². The van der Waals surface area contributed by atoms with Crippen molar-refractivity contribution in [2.24, 2.45) is 17.8 Å². The van der Waals surface area contributed by atoms with Gasteiger partial charge in [0.25, 0.3) is 0 Å². The zero-order valence-electron chi connectivity index (χ0n) is 44.2. The number of ether oxygens (including phenoxy) is 1. The van der Waals surface area contributed by atoms with Crippen LogP contribution in [-0.2, 0) is 9.59 Å². The summed E-state index contributed by atoms with van der Waals surface area (Å²) in [4.78, 5) is 62.7. The lowest BCUT2D eigenvalue weighted by Crippen LogP contribution is -2.51. The van der Waals surface area contributed by atoms with Gasteiger partial charge in [-0.15, -0.1) is 6.42 Å². The molecule has 0 saturated carbocycles. The number of phenols is 1. The fraction of sp³-hybridized carbons (Fsp3) is 0.525. The quantitative estimate of drug-likeness (QED) is 0.0769. The van der Waals surface area contributed by atoms with Gasteiger partial charge in [-0.25, -0.2) is 13.6 Å². The largest absolute Gasteiger partial charge is 0.508 e. The molecule has 9 heterocycles. The van der Waals surface area contributed by atoms with Gasteiger partial charge in [0.1, 0.15) is 41.2 Å². The number of halogens is 2. The highest BCUT2D eigenvalue weighted by Gasteiger charge is 2.37. The second-order valence-corrected chi connectivity index (χ2v) is 23.0. The predicted octanol–water partition coefficient (Wildman–Crippen LogP) is 7.54. The number of anilines is 2. The van der Waals surface area contributed by atoms with Crippen LogP contribution in [0.5, 0.6) is 11.8 Å². The van der Waals surface area contributed by atoms with Crippen molar-refractivity contribution < 1.29 is 28.2 Å². The van der Waals surface area contributed by atoms with Crippen LogP contribution in [0.25, 0.3) is 44.0 Å². The summed E-state index contributed by atoms with van der Waals surface area (Å²) in [5, 5.41) is 18.0. The molecule has 3 atom stereocenters. The first-order valence-corrected chi connectivity index (χ1v) is 28.1. The van der Waals surface area contributed by atoms with E-state index in [9.17, 15) is 19.5 Å². The Morgan fingerprint density at radius 3 is 2.26 bits per heavy atom. The molecule has 0 aliphatic carbocycles. The SMILES string of the molecule is C#Cc1c(F)ccc2cc(O)cc(-c3ncc4c(N5CC6CCC(C5)N6)nc(OCCN5CCC(CC6CCN(CC7CCN(c8cccc9c8n(C(C)C)c(=O)n9C8CCC(=O)NC8=O)CC7)CC6)CC5)nc4c3F)c12. The number of terminal acetylenes is 1. The van der Waals surface area contributed by atoms with Gasteiger partial charge in [0.2, 0.25) is 11.8 Å². The standard InChI is InChI=1S/C59H69F2N11O5/c1-4-43-46(60)11-8-39-29-42(73)30-44(51(39)43)53-52(61)54-45(31-62-53)56(70-33-40-9-10-41(34-70)63-40)66-58(65-54)77-27-26-67-20-14-36(15-21-67)28-37-16-22-68(23-17-37)32-38-18-24-69(25-19-38)47-6-5-7-48-55(47)71(35(2)3)59(76)72(48)49-12-13-50(74)64-57(49)75/h1,5-8,11,29-31,35-38,40-41,49,63,73H,9-10,12-28,32-34H2,2-3H3,(H,64,74,75). The predicted molar refractivity (Wildman–Crippen MR) is 293 cm³/mol. The normalized spacial score (nSPS) is 22.5. The minimum Gasteiger partial charge on any atom is -0.508 e. The Morgan fingerprint density at radius 2 is 1.56 bits per heavy atom. The molecular formula is C59H69F2N11O5. The fourth-order valence-corrected chi connectivity index (χ4v) is 13.8. The van der Waals surface area contributed by atoms with E-state index in [0.717, 1.165) is 107 Å². The number of para-hydroxylation sites is 1. The van der Waals surface area contributed by atoms with Crippen LogP contribution < -0.4 is 30.9 Å². The number of hydrogen-bond donors (Lipinski definition) is 3. The molecule has 12 rings (SSSR count). The highest BCUT2D eigenvalue weighted by molar-refractivity contribution is 6.03. The number of rotatable bonds is 13. The number of carbonyl (C=O) groups is 2. The number of amides is 2. The molecule has 77 heavy (non-hydrogen) atoms. The van der Waals surface area contributed by atoms with Crippen molar-refractivity contribution in [1.82, 2.24) is 44.5 Å². The second-order valence-electron chi connectivity index (χ2n) is 23.0. The molecule has 6 aliphatic rings. The number of carbonyl (C=O) groups excluding carboxylic acids is 2. The van der Waals surface area contributed by atoms with Gasteiger partial charge in [0, 0.05) is 81.0 Å². The average Bonchev–Trinajstić information content (AvgIpc) is 4.11. The van der Waals surface area contributed by atoms with Crippen LogP contribution in [-0.4, -0.2) is 135 Å². The molecule has 3 aromatic carbocycles. The number of phenolic OH excluding ortho intramolecular Hbond substituents is 1. The van der Waals surface area contributed by atoms with E-state index in [2.05, 4.69) is 52.2 Å². The van der Waals surface area contributed by atoms with Crippen molar-refractivity contribution >= 4 is 56.0 Å². The van der Waals surface area contributed by atoms with E-state index in [1.165, 1.54) is 43.5 Å². The topological polar surface area (TPSA) is 166 Å². The number of fused-ring (bicyclic) bond motifs is 5. The second kappa shape index (κ2) is 21.3. The number of aromatic hydroxyl groups is 1. The lowest BCUT2D eigenvalue weighted by molar-refractivity contribution is -0.135. The molecule has 6 saturated heterocycles. The van der Waals surface area contributed by atoms with Gasteiger partial charge in [0.15, 0.2) is 5.82 Å². The Balaban J connectivity index is 0.636. The van der Waals surface area contributed by atoms with Crippen LogP contribution in [0.4, 0.5) is 20.3 Å². The van der Waals surface area contributed by atoms with E-state index in [1.807, 2.05) is 30.5 Å². The number of piperazine rings is 1. The number of imide groups is 1. The molecule has 0 spiro atoms. The highest BCUT2D eigenvalue weighted by atomic mass is 19.1. The van der Waals surface area contributed by atoms with E-state index in [4.69, 9.17) is 16.1 Å². The molecule has 16 nitrogen and oxygen atoms in total. The third kappa shape index (κ3) is 9.99. The van der Waals surface area contributed by atoms with Crippen LogP contribution in [0.2, 0.25) is 0 Å². The summed E-state index contributed by atoms with van der Waals surface area (Å²) in [6.45, 7) is 13.7. The molecule has 2 bridgehead atoms. The zero-order chi connectivity index (χ0) is 53.1. The molecule has 6 fully saturated rings. The molecule has 0 radical (unpaired) electrons. The van der Waals surface area contributed by atoms with Crippen LogP contribution >= 0.6 is 0 Å². The third-order valence-electron chi connectivity index (χ3n) is 17.7. The molecule has 3 N–H and O–H groups in total. The fourth-order valence-electron chi connectivity index (χ4n) is 13.8. The Hall–Kier alpha value is -6.68. The van der Waals surface area contributed by atoms with Crippen molar-refractivity contribution in [2.45, 2.75) is 109 Å². The number of hydrogen-bond acceptors (Lipinski definition) is 13. The molecule has 3 unspecified atom stereocenters. The minimum atomic E-state index is -0.729. The lowest BCUT2D eigenvalue weighted by Gasteiger charge is -2.39. The van der Waals surface area contributed by atoms with Crippen LogP contribution in [0, 0.1) is 41.7 Å². The number of nitrogens with one attached hydrogen (secondary N) is 2. The summed E-state index contributed by atoms with van der Waals surface area (Å²) in [6.07, 6.45) is 18.2. The maximum atomic E-state index is 17.1. The lowest BCUT2D eigenvalue weighted by atomic mass is 9.82. The molecule has 404 valence electrons. The Morgan fingerprint density at radius 1 is 0.844 bits per heavy atom. The first kappa shape index (κ1) is 51.1. The van der Waals surface area contributed by atoms with Crippen LogP contribution in [0.1, 0.15) is 102 Å². The number of pyridine rings is 1. The van der Waals surface area contributed by atoms with Crippen molar-refractivity contribution in [3.05, 3.63) is 76.3 Å². The number of piperidine rings is 4. The summed E-state index contributed by atoms with van der Waals surface area (Å²) in [7, 11) is 0. The molecule has 2 amide bonds. The number of benzene rings is 3. The van der Waals surface area contributed by atoms with E-state index in [1.54, 1.807) is 10.8 Å².